The minimum absolute atomic E-state index is 0.287. The first-order valence-electron chi connectivity index (χ1n) is 5.06. The zero-order valence-corrected chi connectivity index (χ0v) is 9.16. The number of carboxylic acid groups (broad SMARTS) is 1. The number of nitrogens with one attached hydrogen (secondary N) is 2. The first-order chi connectivity index (χ1) is 7.56. The average molecular weight is 228 g/mol. The van der Waals surface area contributed by atoms with Crippen molar-refractivity contribution in [3.63, 3.8) is 0 Å². The zero-order valence-electron chi connectivity index (χ0n) is 9.16. The lowest BCUT2D eigenvalue weighted by atomic mass is 10.2. The molecule has 16 heavy (non-hydrogen) atoms. The molecule has 0 saturated carbocycles. The molecule has 0 aromatic rings. The summed E-state index contributed by atoms with van der Waals surface area (Å²) in [5.41, 5.74) is 4.26. The molecule has 0 radical (unpaired) electrons. The Balaban J connectivity index is 3.67. The van der Waals surface area contributed by atoms with Crippen LogP contribution in [0.2, 0.25) is 0 Å². The van der Waals surface area contributed by atoms with Crippen LogP contribution in [0, 0.1) is 0 Å². The molecule has 0 aliphatic heterocycles. The fraction of sp³-hybridized carbons (Fsp3) is 0.500. The van der Waals surface area contributed by atoms with Gasteiger partial charge in [-0.05, 0) is 6.42 Å². The summed E-state index contributed by atoms with van der Waals surface area (Å²) in [4.78, 5) is 32.1. The van der Waals surface area contributed by atoms with Gasteiger partial charge in [-0.3, -0.25) is 20.4 Å². The highest BCUT2D eigenvalue weighted by molar-refractivity contribution is 5.94. The minimum Gasteiger partial charge on any atom is -0.478 e. The fourth-order valence-electron chi connectivity index (χ4n) is 0.918. The lowest BCUT2D eigenvalue weighted by Gasteiger charge is -2.04. The van der Waals surface area contributed by atoms with Gasteiger partial charge in [0, 0.05) is 18.6 Å². The highest BCUT2D eigenvalue weighted by atomic mass is 16.4. The van der Waals surface area contributed by atoms with Gasteiger partial charge in [0.15, 0.2) is 0 Å². The average Bonchev–Trinajstić information content (AvgIpc) is 2.24. The number of hydrogen-bond acceptors (Lipinski definition) is 3. The molecule has 2 amide bonds. The van der Waals surface area contributed by atoms with Gasteiger partial charge in [-0.15, -0.1) is 0 Å². The van der Waals surface area contributed by atoms with E-state index in [9.17, 15) is 14.4 Å². The number of hydrazine groups is 1. The number of unbranched alkanes of at least 4 members (excludes halogenated alkanes) is 2. The van der Waals surface area contributed by atoms with Gasteiger partial charge in [-0.2, -0.15) is 0 Å². The Kier molecular flexibility index (Phi) is 7.48. The maximum atomic E-state index is 11.1. The molecule has 3 N–H and O–H groups in total. The van der Waals surface area contributed by atoms with E-state index in [4.69, 9.17) is 5.11 Å². The van der Waals surface area contributed by atoms with E-state index in [0.29, 0.717) is 12.5 Å². The maximum absolute atomic E-state index is 11.1. The molecular weight excluding hydrogens is 212 g/mol. The topological polar surface area (TPSA) is 95.5 Å². The predicted molar refractivity (Wildman–Crippen MR) is 57.2 cm³/mol. The second kappa shape index (κ2) is 8.46. The fourth-order valence-corrected chi connectivity index (χ4v) is 0.918. The molecule has 0 bridgehead atoms. The van der Waals surface area contributed by atoms with Crippen molar-refractivity contribution < 1.29 is 19.5 Å². The highest BCUT2D eigenvalue weighted by Gasteiger charge is 2.01. The van der Waals surface area contributed by atoms with Crippen LogP contribution in [0.5, 0.6) is 0 Å². The predicted octanol–water partition coefficient (Wildman–Crippen LogP) is 0.355. The zero-order chi connectivity index (χ0) is 12.4. The van der Waals surface area contributed by atoms with E-state index in [1.165, 1.54) is 0 Å². The monoisotopic (exact) mass is 228 g/mol. The van der Waals surface area contributed by atoms with E-state index < -0.39 is 11.9 Å². The van der Waals surface area contributed by atoms with Crippen LogP contribution in [0.4, 0.5) is 0 Å². The van der Waals surface area contributed by atoms with Crippen molar-refractivity contribution in [3.05, 3.63) is 12.2 Å². The summed E-state index contributed by atoms with van der Waals surface area (Å²) in [6.07, 6.45) is 4.61. The lowest BCUT2D eigenvalue weighted by Crippen LogP contribution is -2.40. The first kappa shape index (κ1) is 14.2. The molecule has 6 nitrogen and oxygen atoms in total. The second-order valence-electron chi connectivity index (χ2n) is 3.17. The van der Waals surface area contributed by atoms with Crippen LogP contribution in [0.15, 0.2) is 12.2 Å². The van der Waals surface area contributed by atoms with Crippen molar-refractivity contribution in [2.45, 2.75) is 32.6 Å². The van der Waals surface area contributed by atoms with Crippen LogP contribution in [0.1, 0.15) is 32.6 Å². The molecule has 0 atom stereocenters. The van der Waals surface area contributed by atoms with Gasteiger partial charge < -0.3 is 5.11 Å². The lowest BCUT2D eigenvalue weighted by molar-refractivity contribution is -0.131. The van der Waals surface area contributed by atoms with E-state index in [0.717, 1.165) is 25.3 Å². The summed E-state index contributed by atoms with van der Waals surface area (Å²) < 4.78 is 0. The molecular formula is C10H16N2O4. The molecule has 0 aliphatic rings. The number of carbonyl (C=O) groups is 3. The smallest absolute Gasteiger partial charge is 0.328 e. The quantitative estimate of drug-likeness (QED) is 0.347. The number of carboxylic acids is 1. The summed E-state index contributed by atoms with van der Waals surface area (Å²) in [6.45, 7) is 2.02. The van der Waals surface area contributed by atoms with Crippen LogP contribution >= 0.6 is 0 Å². The standard InChI is InChI=1S/C10H16N2O4/c1-2-3-4-5-8(13)11-12-9(14)6-7-10(15)16/h6-7H,2-5H2,1H3,(H,11,13)(H,12,14)(H,15,16). The van der Waals surface area contributed by atoms with Crippen LogP contribution in [0.3, 0.4) is 0 Å². The summed E-state index contributed by atoms with van der Waals surface area (Å²) in [5, 5.41) is 8.23. The van der Waals surface area contributed by atoms with E-state index in [1.54, 1.807) is 0 Å². The van der Waals surface area contributed by atoms with Gasteiger partial charge in [0.25, 0.3) is 5.91 Å². The third-order valence-electron chi connectivity index (χ3n) is 1.71. The largest absolute Gasteiger partial charge is 0.478 e. The highest BCUT2D eigenvalue weighted by Crippen LogP contribution is 1.97. The number of carbonyl (C=O) groups excluding carboxylic acids is 2. The Bertz CT molecular complexity index is 287. The Morgan fingerprint density at radius 1 is 1.12 bits per heavy atom. The van der Waals surface area contributed by atoms with Crippen molar-refractivity contribution in [1.82, 2.24) is 10.9 Å². The maximum Gasteiger partial charge on any atom is 0.328 e. The number of aliphatic carboxylic acids is 1. The first-order valence-corrected chi connectivity index (χ1v) is 5.06. The van der Waals surface area contributed by atoms with Gasteiger partial charge in [0.05, 0.1) is 0 Å². The molecule has 0 unspecified atom stereocenters. The van der Waals surface area contributed by atoms with Crippen molar-refractivity contribution in [2.75, 3.05) is 0 Å². The summed E-state index contributed by atoms with van der Waals surface area (Å²) in [7, 11) is 0. The second-order valence-corrected chi connectivity index (χ2v) is 3.17. The van der Waals surface area contributed by atoms with Crippen LogP contribution < -0.4 is 10.9 Å². The van der Waals surface area contributed by atoms with Crippen LogP contribution in [-0.2, 0) is 14.4 Å². The van der Waals surface area contributed by atoms with E-state index in [2.05, 4.69) is 10.9 Å². The molecule has 90 valence electrons. The van der Waals surface area contributed by atoms with Crippen LogP contribution in [0.25, 0.3) is 0 Å². The van der Waals surface area contributed by atoms with Crippen molar-refractivity contribution in [1.29, 1.82) is 0 Å². The van der Waals surface area contributed by atoms with E-state index >= 15 is 0 Å². The molecule has 0 saturated heterocycles. The van der Waals surface area contributed by atoms with Gasteiger partial charge in [0.1, 0.15) is 0 Å². The van der Waals surface area contributed by atoms with Gasteiger partial charge in [-0.25, -0.2) is 4.79 Å². The van der Waals surface area contributed by atoms with Crippen molar-refractivity contribution in [3.8, 4) is 0 Å². The van der Waals surface area contributed by atoms with Crippen molar-refractivity contribution >= 4 is 17.8 Å². The molecule has 6 heteroatoms. The molecule has 0 heterocycles. The number of hydrogen-bond donors (Lipinski definition) is 3. The molecule has 0 spiro atoms. The Labute approximate surface area is 93.7 Å². The van der Waals surface area contributed by atoms with Gasteiger partial charge >= 0.3 is 5.97 Å². The van der Waals surface area contributed by atoms with Crippen molar-refractivity contribution in [2.24, 2.45) is 0 Å². The summed E-state index contributed by atoms with van der Waals surface area (Å²) >= 11 is 0. The molecule has 0 aromatic carbocycles. The molecule has 0 fully saturated rings. The summed E-state index contributed by atoms with van der Waals surface area (Å²) in [5.74, 6) is -2.18. The van der Waals surface area contributed by atoms with Crippen LogP contribution in [-0.4, -0.2) is 22.9 Å². The summed E-state index contributed by atoms with van der Waals surface area (Å²) in [6, 6.07) is 0. The third kappa shape index (κ3) is 8.74. The normalized spacial score (nSPS) is 10.1. The molecule has 0 aliphatic carbocycles. The molecule has 0 aromatic heterocycles. The van der Waals surface area contributed by atoms with E-state index in [-0.39, 0.29) is 5.91 Å². The third-order valence-corrected chi connectivity index (χ3v) is 1.71. The number of amides is 2. The van der Waals surface area contributed by atoms with E-state index in [1.807, 2.05) is 6.92 Å². The Hall–Kier alpha value is -1.85. The van der Waals surface area contributed by atoms with Gasteiger partial charge in [0.2, 0.25) is 5.91 Å². The Morgan fingerprint density at radius 3 is 2.38 bits per heavy atom. The number of rotatable bonds is 6. The molecule has 0 rings (SSSR count). The minimum atomic E-state index is -1.22. The SMILES string of the molecule is CCCCCC(=O)NNC(=O)C=CC(=O)O. The van der Waals surface area contributed by atoms with Gasteiger partial charge in [-0.1, -0.05) is 19.8 Å². The Morgan fingerprint density at radius 2 is 1.81 bits per heavy atom.